The Balaban J connectivity index is 1.85. The van der Waals surface area contributed by atoms with Gasteiger partial charge in [0.15, 0.2) is 11.7 Å². The van der Waals surface area contributed by atoms with Gasteiger partial charge < -0.3 is 5.73 Å². The summed E-state index contributed by atoms with van der Waals surface area (Å²) in [5.74, 6) is -0.765. The fourth-order valence-corrected chi connectivity index (χ4v) is 2.75. The van der Waals surface area contributed by atoms with Gasteiger partial charge in [-0.05, 0) is 36.8 Å². The van der Waals surface area contributed by atoms with Crippen molar-refractivity contribution >= 4 is 17.6 Å². The van der Waals surface area contributed by atoms with Crippen molar-refractivity contribution in [1.29, 1.82) is 0 Å². The van der Waals surface area contributed by atoms with Gasteiger partial charge in [0.1, 0.15) is 17.1 Å². The minimum absolute atomic E-state index is 0.0806. The smallest absolute Gasteiger partial charge is 0.231 e. The maximum Gasteiger partial charge on any atom is 0.231 e. The Bertz CT molecular complexity index is 897. The molecule has 0 bridgehead atoms. The van der Waals surface area contributed by atoms with Crippen LogP contribution in [0.1, 0.15) is 35.1 Å². The molecule has 0 fully saturated rings. The predicted molar refractivity (Wildman–Crippen MR) is 92.8 cm³/mol. The maximum atomic E-state index is 12.9. The Morgan fingerprint density at radius 1 is 1.35 bits per heavy atom. The molecule has 1 atom stereocenters. The topological polar surface area (TPSA) is 102 Å². The average molecular weight is 355 g/mol. The van der Waals surface area contributed by atoms with Crippen molar-refractivity contribution in [1.82, 2.24) is 14.9 Å². The highest BCUT2D eigenvalue weighted by Gasteiger charge is 2.37. The highest BCUT2D eigenvalue weighted by Crippen LogP contribution is 2.31. The zero-order valence-electron chi connectivity index (χ0n) is 14.4. The second kappa shape index (κ2) is 6.62. The van der Waals surface area contributed by atoms with Crippen molar-refractivity contribution < 1.29 is 14.0 Å². The largest absolute Gasteiger partial charge is 0.369 e. The molecule has 0 saturated carbocycles. The highest BCUT2D eigenvalue weighted by molar-refractivity contribution is 5.98. The number of nitrogens with zero attached hydrogens (tertiary/aromatic N) is 4. The zero-order chi connectivity index (χ0) is 18.9. The number of ketones is 1. The van der Waals surface area contributed by atoms with Gasteiger partial charge in [0, 0.05) is 19.7 Å². The lowest BCUT2D eigenvalue weighted by Crippen LogP contribution is -2.47. The number of hydrogen-bond donors (Lipinski definition) is 1. The molecule has 3 heterocycles. The molecule has 0 aliphatic carbocycles. The van der Waals surface area contributed by atoms with Gasteiger partial charge in [0.05, 0.1) is 18.3 Å². The second-order valence-electron chi connectivity index (χ2n) is 6.38. The fourth-order valence-electron chi connectivity index (χ4n) is 2.75. The molecule has 134 valence electrons. The van der Waals surface area contributed by atoms with Crippen LogP contribution in [0.15, 0.2) is 41.7 Å². The highest BCUT2D eigenvalue weighted by atomic mass is 19.1. The van der Waals surface area contributed by atoms with E-state index in [9.17, 15) is 14.0 Å². The van der Waals surface area contributed by atoms with Gasteiger partial charge in [0.2, 0.25) is 5.91 Å². The molecule has 2 aromatic heterocycles. The lowest BCUT2D eigenvalue weighted by atomic mass is 9.90. The summed E-state index contributed by atoms with van der Waals surface area (Å²) in [7, 11) is 1.57. The number of pyridine rings is 2. The third kappa shape index (κ3) is 3.44. The Morgan fingerprint density at radius 2 is 2.12 bits per heavy atom. The van der Waals surface area contributed by atoms with E-state index < -0.39 is 11.4 Å². The van der Waals surface area contributed by atoms with Gasteiger partial charge >= 0.3 is 0 Å². The molecular formula is C18H18FN5O2. The summed E-state index contributed by atoms with van der Waals surface area (Å²) in [4.78, 5) is 38.3. The van der Waals surface area contributed by atoms with E-state index in [0.29, 0.717) is 11.3 Å². The van der Waals surface area contributed by atoms with Crippen LogP contribution in [-0.2, 0) is 16.8 Å². The number of aliphatic imine (C=N–C) groups is 1. The molecular weight excluding hydrogens is 337 g/mol. The van der Waals surface area contributed by atoms with Crippen LogP contribution in [0.3, 0.4) is 0 Å². The van der Waals surface area contributed by atoms with Gasteiger partial charge in [-0.25, -0.2) is 9.38 Å². The molecule has 2 aromatic rings. The summed E-state index contributed by atoms with van der Waals surface area (Å²) in [5.41, 5.74) is 6.38. The number of Topliss-reactive ketones (excluding diaryl/α,β-unsaturated/α-hetero) is 1. The van der Waals surface area contributed by atoms with Crippen molar-refractivity contribution in [2.75, 3.05) is 7.05 Å². The first-order chi connectivity index (χ1) is 12.3. The molecule has 7 nitrogen and oxygen atoms in total. The molecule has 0 saturated heterocycles. The summed E-state index contributed by atoms with van der Waals surface area (Å²) >= 11 is 0. The zero-order valence-corrected chi connectivity index (χ0v) is 14.4. The van der Waals surface area contributed by atoms with Crippen LogP contribution in [0.4, 0.5) is 4.39 Å². The summed E-state index contributed by atoms with van der Waals surface area (Å²) < 4.78 is 12.9. The van der Waals surface area contributed by atoms with E-state index in [2.05, 4.69) is 15.0 Å². The van der Waals surface area contributed by atoms with Crippen molar-refractivity contribution in [3.05, 3.63) is 59.4 Å². The number of rotatable bonds is 4. The SMILES string of the molecule is CN1C(=O)CC(C)(c2cc(CC(=O)c3ccc(F)cn3)ccn2)N=C1N. The van der Waals surface area contributed by atoms with E-state index in [-0.39, 0.29) is 36.2 Å². The molecule has 1 unspecified atom stereocenters. The Labute approximate surface area is 149 Å². The van der Waals surface area contributed by atoms with E-state index in [4.69, 9.17) is 5.73 Å². The van der Waals surface area contributed by atoms with Gasteiger partial charge in [-0.2, -0.15) is 0 Å². The van der Waals surface area contributed by atoms with Crippen LogP contribution in [0, 0.1) is 5.82 Å². The molecule has 1 aliphatic heterocycles. The first kappa shape index (κ1) is 17.7. The number of aromatic nitrogens is 2. The standard InChI is InChI=1S/C18H18FN5O2/c1-18(9-16(26)24(2)17(20)23-18)15-8-11(5-6-21-15)7-14(25)13-4-3-12(19)10-22-13/h3-6,8,10H,7,9H2,1-2H3,(H2,20,23). The molecule has 0 radical (unpaired) electrons. The van der Waals surface area contributed by atoms with Crippen LogP contribution in [-0.4, -0.2) is 39.6 Å². The van der Waals surface area contributed by atoms with Crippen molar-refractivity contribution in [3.8, 4) is 0 Å². The predicted octanol–water partition coefficient (Wildman–Crippen LogP) is 1.43. The summed E-state index contributed by atoms with van der Waals surface area (Å²) in [5, 5.41) is 0. The molecule has 8 heteroatoms. The Kier molecular flexibility index (Phi) is 4.50. The third-order valence-electron chi connectivity index (χ3n) is 4.33. The first-order valence-electron chi connectivity index (χ1n) is 8.00. The van der Waals surface area contributed by atoms with Crippen LogP contribution in [0.2, 0.25) is 0 Å². The number of guanidine groups is 1. The number of carbonyl (C=O) groups is 2. The van der Waals surface area contributed by atoms with Crippen molar-refractivity contribution in [2.24, 2.45) is 10.7 Å². The maximum absolute atomic E-state index is 12.9. The van der Waals surface area contributed by atoms with E-state index >= 15 is 0 Å². The van der Waals surface area contributed by atoms with E-state index in [1.54, 1.807) is 32.3 Å². The van der Waals surface area contributed by atoms with E-state index in [1.807, 2.05) is 0 Å². The molecule has 26 heavy (non-hydrogen) atoms. The first-order valence-corrected chi connectivity index (χ1v) is 8.00. The number of halogens is 1. The number of nitrogens with two attached hydrogens (primary N) is 1. The Hall–Kier alpha value is -3.16. The summed E-state index contributed by atoms with van der Waals surface area (Å²) in [6.07, 6.45) is 2.79. The number of hydrogen-bond acceptors (Lipinski definition) is 6. The van der Waals surface area contributed by atoms with Crippen molar-refractivity contribution in [2.45, 2.75) is 25.3 Å². The molecule has 2 N–H and O–H groups in total. The average Bonchev–Trinajstić information content (AvgIpc) is 2.60. The minimum atomic E-state index is -0.888. The molecule has 1 aliphatic rings. The van der Waals surface area contributed by atoms with Crippen LogP contribution in [0.5, 0.6) is 0 Å². The second-order valence-corrected chi connectivity index (χ2v) is 6.38. The van der Waals surface area contributed by atoms with Gasteiger partial charge in [0.25, 0.3) is 0 Å². The Morgan fingerprint density at radius 3 is 2.77 bits per heavy atom. The van der Waals surface area contributed by atoms with Gasteiger partial charge in [-0.1, -0.05) is 0 Å². The molecule has 1 amide bonds. The van der Waals surface area contributed by atoms with E-state index in [1.165, 1.54) is 17.0 Å². The summed E-state index contributed by atoms with van der Waals surface area (Å²) in [6.45, 7) is 1.78. The minimum Gasteiger partial charge on any atom is -0.369 e. The van der Waals surface area contributed by atoms with Crippen LogP contribution in [0.25, 0.3) is 0 Å². The summed E-state index contributed by atoms with van der Waals surface area (Å²) in [6, 6.07) is 5.98. The van der Waals surface area contributed by atoms with Crippen LogP contribution >= 0.6 is 0 Å². The lowest BCUT2D eigenvalue weighted by Gasteiger charge is -2.32. The molecule has 3 rings (SSSR count). The molecule has 0 aromatic carbocycles. The quantitative estimate of drug-likeness (QED) is 0.836. The fraction of sp³-hybridized carbons (Fsp3) is 0.278. The number of amides is 1. The third-order valence-corrected chi connectivity index (χ3v) is 4.33. The van der Waals surface area contributed by atoms with Gasteiger partial charge in [-0.15, -0.1) is 0 Å². The van der Waals surface area contributed by atoms with Crippen molar-refractivity contribution in [3.63, 3.8) is 0 Å². The number of carbonyl (C=O) groups excluding carboxylic acids is 2. The monoisotopic (exact) mass is 355 g/mol. The van der Waals surface area contributed by atoms with Crippen LogP contribution < -0.4 is 5.73 Å². The molecule has 0 spiro atoms. The van der Waals surface area contributed by atoms with Gasteiger partial charge in [-0.3, -0.25) is 24.5 Å². The lowest BCUT2D eigenvalue weighted by molar-refractivity contribution is -0.128. The normalized spacial score (nSPS) is 20.0. The van der Waals surface area contributed by atoms with E-state index in [0.717, 1.165) is 6.20 Å².